The van der Waals surface area contributed by atoms with Gasteiger partial charge in [-0.15, -0.1) is 0 Å². The van der Waals surface area contributed by atoms with Crippen LogP contribution in [0.2, 0.25) is 0 Å². The van der Waals surface area contributed by atoms with Crippen molar-refractivity contribution < 1.29 is 0 Å². The van der Waals surface area contributed by atoms with Gasteiger partial charge in [0, 0.05) is 5.84 Å². The van der Waals surface area contributed by atoms with Crippen LogP contribution >= 0.6 is 0 Å². The molecule has 0 fully saturated rings. The highest BCUT2D eigenvalue weighted by Gasteiger charge is 1.78. The standard InChI is InChI=1S/C2H2N2Si/c1-3-2-5-4-1/h1-2H. The molecule has 1 aliphatic heterocycles. The van der Waals surface area contributed by atoms with Crippen LogP contribution in [0.1, 0.15) is 0 Å². The molecule has 0 spiro atoms. The van der Waals surface area contributed by atoms with Gasteiger partial charge in [-0.2, -0.15) is 0 Å². The maximum atomic E-state index is 3.76. The average Bonchev–Trinajstić information content (AvgIpc) is 1.76. The summed E-state index contributed by atoms with van der Waals surface area (Å²) in [7, 11) is 0.586. The summed E-state index contributed by atoms with van der Waals surface area (Å²) < 4.78 is 3.76. The van der Waals surface area contributed by atoms with Gasteiger partial charge in [0.25, 0.3) is 9.68 Å². The highest BCUT2D eigenvalue weighted by atomic mass is 28.2. The largest absolute Gasteiger partial charge is 0.307 e. The third-order valence-electron chi connectivity index (χ3n) is 0.331. The second-order valence-corrected chi connectivity index (χ2v) is 1.43. The predicted molar refractivity (Wildman–Crippen MR) is 22.7 cm³/mol. The van der Waals surface area contributed by atoms with Gasteiger partial charge in [-0.1, -0.05) is 0 Å². The minimum atomic E-state index is 0.586. The predicted octanol–water partition coefficient (Wildman–Crippen LogP) is -0.324. The first-order valence-corrected chi connectivity index (χ1v) is 2.31. The summed E-state index contributed by atoms with van der Waals surface area (Å²) in [5.74, 6) is 1.79. The van der Waals surface area contributed by atoms with Crippen molar-refractivity contribution in [2.75, 3.05) is 0 Å². The molecule has 2 nitrogen and oxygen atoms in total. The molecular formula is C2H2N2Si. The maximum absolute atomic E-state index is 3.76. The van der Waals surface area contributed by atoms with Gasteiger partial charge in [0.2, 0.25) is 0 Å². The molecule has 0 bridgehead atoms. The number of hydrogen-bond acceptors (Lipinski definition) is 2. The molecule has 0 aromatic heterocycles. The van der Waals surface area contributed by atoms with Gasteiger partial charge in [0.15, 0.2) is 0 Å². The highest BCUT2D eigenvalue weighted by molar-refractivity contribution is 6.69. The van der Waals surface area contributed by atoms with Crippen LogP contribution in [0, 0.1) is 0 Å². The zero-order valence-corrected chi connectivity index (χ0v) is 3.55. The Balaban J connectivity index is 2.61. The van der Waals surface area contributed by atoms with Crippen LogP contribution in [-0.4, -0.2) is 21.9 Å². The van der Waals surface area contributed by atoms with E-state index in [2.05, 4.69) is 9.65 Å². The molecule has 0 saturated carbocycles. The van der Waals surface area contributed by atoms with Crippen LogP contribution in [-0.2, 0) is 0 Å². The molecule has 0 aromatic carbocycles. The summed E-state index contributed by atoms with van der Waals surface area (Å²) in [6.07, 6.45) is 1.57. The SMILES string of the molecule is C1=NC=N[Si]1. The van der Waals surface area contributed by atoms with Crippen molar-refractivity contribution in [1.29, 1.82) is 0 Å². The van der Waals surface area contributed by atoms with E-state index in [1.807, 2.05) is 0 Å². The monoisotopic (exact) mass is 82.0 g/mol. The fraction of sp³-hybridized carbons (Fsp3) is 0. The van der Waals surface area contributed by atoms with Crippen LogP contribution < -0.4 is 0 Å². The second kappa shape index (κ2) is 1.12. The zero-order valence-electron chi connectivity index (χ0n) is 2.55. The molecule has 0 amide bonds. The molecule has 0 saturated heterocycles. The van der Waals surface area contributed by atoms with Crippen LogP contribution in [0.4, 0.5) is 0 Å². The lowest BCUT2D eigenvalue weighted by atomic mass is 11.3. The van der Waals surface area contributed by atoms with Crippen LogP contribution in [0.15, 0.2) is 9.65 Å². The first-order valence-electron chi connectivity index (χ1n) is 1.29. The Bertz CT molecular complexity index is 65.7. The third kappa shape index (κ3) is 0.415. The number of rotatable bonds is 0. The fourth-order valence-electron chi connectivity index (χ4n) is 0.167. The van der Waals surface area contributed by atoms with E-state index in [-0.39, 0.29) is 0 Å². The van der Waals surface area contributed by atoms with Crippen molar-refractivity contribution in [1.82, 2.24) is 0 Å². The van der Waals surface area contributed by atoms with E-state index in [0.29, 0.717) is 9.68 Å². The van der Waals surface area contributed by atoms with Gasteiger partial charge in [-0.05, 0) is 0 Å². The zero-order chi connectivity index (χ0) is 3.54. The summed E-state index contributed by atoms with van der Waals surface area (Å²) >= 11 is 0. The first kappa shape index (κ1) is 2.78. The third-order valence-corrected chi connectivity index (χ3v) is 0.860. The maximum Gasteiger partial charge on any atom is 0.263 e. The minimum absolute atomic E-state index is 0.586. The van der Waals surface area contributed by atoms with Crippen molar-refractivity contribution in [3.63, 3.8) is 0 Å². The van der Waals surface area contributed by atoms with E-state index in [4.69, 9.17) is 0 Å². The Morgan fingerprint density at radius 3 is 2.80 bits per heavy atom. The average molecular weight is 82.1 g/mol. The molecule has 0 N–H and O–H groups in total. The second-order valence-electron chi connectivity index (χ2n) is 0.652. The van der Waals surface area contributed by atoms with E-state index in [0.717, 1.165) is 0 Å². The number of nitrogens with zero attached hydrogens (tertiary/aromatic N) is 2. The van der Waals surface area contributed by atoms with Crippen molar-refractivity contribution in [3.8, 4) is 0 Å². The molecule has 24 valence electrons. The Morgan fingerprint density at radius 2 is 2.60 bits per heavy atom. The fourth-order valence-corrected chi connectivity index (χ4v) is 0.500. The van der Waals surface area contributed by atoms with Crippen LogP contribution in [0.25, 0.3) is 0 Å². The smallest absolute Gasteiger partial charge is 0.263 e. The van der Waals surface area contributed by atoms with Gasteiger partial charge in [-0.25, -0.2) is 0 Å². The molecule has 0 aliphatic carbocycles. The van der Waals surface area contributed by atoms with Crippen molar-refractivity contribution in [2.45, 2.75) is 0 Å². The lowest BCUT2D eigenvalue weighted by Gasteiger charge is -1.51. The highest BCUT2D eigenvalue weighted by Crippen LogP contribution is 1.67. The Kier molecular flexibility index (Phi) is 0.622. The van der Waals surface area contributed by atoms with Crippen molar-refractivity contribution >= 4 is 21.9 Å². The van der Waals surface area contributed by atoms with E-state index in [1.54, 1.807) is 12.2 Å². The Morgan fingerprint density at radius 1 is 1.60 bits per heavy atom. The summed E-state index contributed by atoms with van der Waals surface area (Å²) in [4.78, 5) is 3.68. The van der Waals surface area contributed by atoms with Crippen LogP contribution in [0.5, 0.6) is 0 Å². The summed E-state index contributed by atoms with van der Waals surface area (Å²) in [5.41, 5.74) is 0. The Labute approximate surface area is 32.5 Å². The molecule has 0 aromatic rings. The normalized spacial score (nSPS) is 17.6. The molecule has 1 rings (SSSR count). The molecular weight excluding hydrogens is 80.1 g/mol. The van der Waals surface area contributed by atoms with Gasteiger partial charge in [0.1, 0.15) is 0 Å². The first-order chi connectivity index (χ1) is 2.50. The number of aliphatic imine (C=N–C) groups is 1. The van der Waals surface area contributed by atoms with Gasteiger partial charge < -0.3 is 4.66 Å². The molecule has 0 unspecified atom stereocenters. The van der Waals surface area contributed by atoms with Crippen LogP contribution in [0.3, 0.4) is 0 Å². The lowest BCUT2D eigenvalue weighted by molar-refractivity contribution is 1.81. The lowest BCUT2D eigenvalue weighted by Crippen LogP contribution is -1.74. The quantitative estimate of drug-likeness (QED) is 0.358. The van der Waals surface area contributed by atoms with E-state index in [1.165, 1.54) is 0 Å². The number of hydrogen-bond donors (Lipinski definition) is 0. The van der Waals surface area contributed by atoms with Gasteiger partial charge in [-0.3, -0.25) is 4.99 Å². The Hall–Kier alpha value is -0.443. The van der Waals surface area contributed by atoms with Crippen molar-refractivity contribution in [3.05, 3.63) is 0 Å². The molecule has 1 aliphatic rings. The topological polar surface area (TPSA) is 24.7 Å². The summed E-state index contributed by atoms with van der Waals surface area (Å²) in [5, 5.41) is 0. The van der Waals surface area contributed by atoms with Gasteiger partial charge >= 0.3 is 0 Å². The summed E-state index contributed by atoms with van der Waals surface area (Å²) in [6.45, 7) is 0. The molecule has 0 atom stereocenters. The van der Waals surface area contributed by atoms with E-state index < -0.39 is 0 Å². The molecule has 1 heterocycles. The van der Waals surface area contributed by atoms with E-state index in [9.17, 15) is 0 Å². The minimum Gasteiger partial charge on any atom is -0.307 e. The van der Waals surface area contributed by atoms with Crippen molar-refractivity contribution in [2.24, 2.45) is 9.65 Å². The molecule has 5 heavy (non-hydrogen) atoms. The van der Waals surface area contributed by atoms with E-state index >= 15 is 0 Å². The summed E-state index contributed by atoms with van der Waals surface area (Å²) in [6, 6.07) is 0. The molecule has 2 radical (unpaired) electrons. The molecule has 3 heteroatoms. The van der Waals surface area contributed by atoms with Gasteiger partial charge in [0.05, 0.1) is 6.34 Å².